The predicted molar refractivity (Wildman–Crippen MR) is 93.8 cm³/mol. The van der Waals surface area contributed by atoms with Crippen molar-refractivity contribution in [2.24, 2.45) is 11.7 Å². The Morgan fingerprint density at radius 2 is 2.17 bits per heavy atom. The molecule has 3 N–H and O–H groups in total. The molecule has 0 saturated carbocycles. The number of hydrogen-bond donors (Lipinski definition) is 2. The number of ether oxygens (including phenoxy) is 1. The lowest BCUT2D eigenvalue weighted by atomic mass is 9.99. The van der Waals surface area contributed by atoms with Crippen molar-refractivity contribution in [2.75, 3.05) is 31.2 Å². The number of carbonyl (C=O) groups is 1. The summed E-state index contributed by atoms with van der Waals surface area (Å²) in [4.78, 5) is 18.8. The van der Waals surface area contributed by atoms with Crippen LogP contribution in [0.4, 0.5) is 5.82 Å². The van der Waals surface area contributed by atoms with E-state index >= 15 is 0 Å². The van der Waals surface area contributed by atoms with E-state index in [9.17, 15) is 4.79 Å². The molecule has 1 aliphatic heterocycles. The number of aromatic nitrogens is 1. The van der Waals surface area contributed by atoms with Crippen molar-refractivity contribution in [3.63, 3.8) is 0 Å². The normalized spacial score (nSPS) is 17.1. The number of carbonyl (C=O) groups excluding carboxylic acids is 1. The number of nitrogens with two attached hydrogens (primary N) is 1. The van der Waals surface area contributed by atoms with Gasteiger partial charge in [0.15, 0.2) is 0 Å². The van der Waals surface area contributed by atoms with E-state index in [0.717, 1.165) is 30.9 Å². The Labute approximate surface area is 144 Å². The van der Waals surface area contributed by atoms with Crippen LogP contribution in [0.2, 0.25) is 0 Å². The Kier molecular flexibility index (Phi) is 8.30. The van der Waals surface area contributed by atoms with Crippen molar-refractivity contribution < 1.29 is 9.53 Å². The summed E-state index contributed by atoms with van der Waals surface area (Å²) in [6.45, 7) is 7.55. The molecule has 1 fully saturated rings. The molecule has 2 heterocycles. The second-order valence-electron chi connectivity index (χ2n) is 5.71. The molecule has 1 amide bonds. The maximum atomic E-state index is 12.1. The summed E-state index contributed by atoms with van der Waals surface area (Å²) in [6, 6.07) is 3.42. The molecule has 130 valence electrons. The van der Waals surface area contributed by atoms with Gasteiger partial charge in [-0.15, -0.1) is 12.4 Å². The highest BCUT2D eigenvalue weighted by Gasteiger charge is 2.20. The highest BCUT2D eigenvalue weighted by Crippen LogP contribution is 2.18. The molecule has 6 nitrogen and oxygen atoms in total. The molecule has 23 heavy (non-hydrogen) atoms. The number of pyridine rings is 1. The number of nitrogens with zero attached hydrogens (tertiary/aromatic N) is 2. The largest absolute Gasteiger partial charge is 0.378 e. The summed E-state index contributed by atoms with van der Waals surface area (Å²) < 4.78 is 5.37. The minimum Gasteiger partial charge on any atom is -0.378 e. The van der Waals surface area contributed by atoms with Crippen LogP contribution < -0.4 is 16.0 Å². The Morgan fingerprint density at radius 3 is 2.83 bits per heavy atom. The smallest absolute Gasteiger partial charge is 0.237 e. The first kappa shape index (κ1) is 19.7. The average molecular weight is 343 g/mol. The first-order valence-corrected chi connectivity index (χ1v) is 7.93. The standard InChI is InChI=1S/C16H26N4O2.ClH/c1-3-12(2)14(17)16(21)19-11-13-5-4-6-18-15(13)20-7-9-22-10-8-20;/h4-6,12,14H,3,7-11,17H2,1-2H3,(H,19,21);1H. The van der Waals surface area contributed by atoms with Gasteiger partial charge in [-0.05, 0) is 12.0 Å². The van der Waals surface area contributed by atoms with Gasteiger partial charge in [-0.25, -0.2) is 4.98 Å². The summed E-state index contributed by atoms with van der Waals surface area (Å²) in [6.07, 6.45) is 2.67. The first-order chi connectivity index (χ1) is 10.6. The number of anilines is 1. The molecule has 1 aliphatic rings. The van der Waals surface area contributed by atoms with Crippen LogP contribution in [0.1, 0.15) is 25.8 Å². The summed E-state index contributed by atoms with van der Waals surface area (Å²) >= 11 is 0. The third-order valence-electron chi connectivity index (χ3n) is 4.19. The number of hydrogen-bond acceptors (Lipinski definition) is 5. The Balaban J connectivity index is 0.00000264. The van der Waals surface area contributed by atoms with E-state index in [1.165, 1.54) is 0 Å². The molecular formula is C16H27ClN4O2. The number of nitrogens with one attached hydrogen (secondary N) is 1. The molecule has 1 saturated heterocycles. The molecule has 2 atom stereocenters. The Hall–Kier alpha value is -1.37. The minimum absolute atomic E-state index is 0. The van der Waals surface area contributed by atoms with Crippen LogP contribution in [0.3, 0.4) is 0 Å². The molecule has 7 heteroatoms. The van der Waals surface area contributed by atoms with Gasteiger partial charge < -0.3 is 20.7 Å². The quantitative estimate of drug-likeness (QED) is 0.815. The van der Waals surface area contributed by atoms with Crippen molar-refractivity contribution in [3.05, 3.63) is 23.9 Å². The van der Waals surface area contributed by atoms with E-state index in [1.54, 1.807) is 6.20 Å². The van der Waals surface area contributed by atoms with Crippen LogP contribution in [0.25, 0.3) is 0 Å². The predicted octanol–water partition coefficient (Wildman–Crippen LogP) is 1.33. The molecule has 0 aromatic carbocycles. The van der Waals surface area contributed by atoms with Crippen LogP contribution in [0, 0.1) is 5.92 Å². The molecule has 1 aromatic rings. The van der Waals surface area contributed by atoms with E-state index < -0.39 is 6.04 Å². The molecular weight excluding hydrogens is 316 g/mol. The topological polar surface area (TPSA) is 80.5 Å². The maximum Gasteiger partial charge on any atom is 0.237 e. The summed E-state index contributed by atoms with van der Waals surface area (Å²) in [5, 5.41) is 2.93. The number of halogens is 1. The fraction of sp³-hybridized carbons (Fsp3) is 0.625. The first-order valence-electron chi connectivity index (χ1n) is 7.93. The van der Waals surface area contributed by atoms with Gasteiger partial charge >= 0.3 is 0 Å². The van der Waals surface area contributed by atoms with Gasteiger partial charge in [0.2, 0.25) is 5.91 Å². The molecule has 0 spiro atoms. The van der Waals surface area contributed by atoms with Crippen LogP contribution in [0.15, 0.2) is 18.3 Å². The van der Waals surface area contributed by atoms with Gasteiger partial charge in [-0.1, -0.05) is 26.3 Å². The van der Waals surface area contributed by atoms with Crippen molar-refractivity contribution in [1.82, 2.24) is 10.3 Å². The Morgan fingerprint density at radius 1 is 1.48 bits per heavy atom. The zero-order valence-corrected chi connectivity index (χ0v) is 14.6. The van der Waals surface area contributed by atoms with E-state index in [4.69, 9.17) is 10.5 Å². The third kappa shape index (κ3) is 5.34. The lowest BCUT2D eigenvalue weighted by molar-refractivity contribution is -0.123. The molecule has 2 rings (SSSR count). The molecule has 0 aliphatic carbocycles. The van der Waals surface area contributed by atoms with Gasteiger partial charge in [-0.2, -0.15) is 0 Å². The van der Waals surface area contributed by atoms with Crippen LogP contribution in [-0.2, 0) is 16.1 Å². The van der Waals surface area contributed by atoms with Gasteiger partial charge in [0, 0.05) is 31.4 Å². The minimum atomic E-state index is -0.464. The Bertz CT molecular complexity index is 495. The second-order valence-corrected chi connectivity index (χ2v) is 5.71. The van der Waals surface area contributed by atoms with Gasteiger partial charge in [0.05, 0.1) is 19.3 Å². The number of morpholine rings is 1. The van der Waals surface area contributed by atoms with E-state index in [0.29, 0.717) is 19.8 Å². The van der Waals surface area contributed by atoms with Crippen molar-refractivity contribution >= 4 is 24.1 Å². The summed E-state index contributed by atoms with van der Waals surface area (Å²) in [7, 11) is 0. The van der Waals surface area contributed by atoms with Crippen molar-refractivity contribution in [2.45, 2.75) is 32.9 Å². The average Bonchev–Trinajstić information content (AvgIpc) is 2.59. The highest BCUT2D eigenvalue weighted by atomic mass is 35.5. The second kappa shape index (κ2) is 9.70. The van der Waals surface area contributed by atoms with Gasteiger partial charge in [0.25, 0.3) is 0 Å². The highest BCUT2D eigenvalue weighted by molar-refractivity contribution is 5.85. The monoisotopic (exact) mass is 342 g/mol. The van der Waals surface area contributed by atoms with Gasteiger partial charge in [-0.3, -0.25) is 4.79 Å². The SMILES string of the molecule is CCC(C)C(N)C(=O)NCc1cccnc1N1CCOCC1.Cl. The lowest BCUT2D eigenvalue weighted by Crippen LogP contribution is -2.44. The zero-order valence-electron chi connectivity index (χ0n) is 13.8. The van der Waals surface area contributed by atoms with Crippen molar-refractivity contribution in [1.29, 1.82) is 0 Å². The number of amides is 1. The van der Waals surface area contributed by atoms with E-state index in [2.05, 4.69) is 15.2 Å². The van der Waals surface area contributed by atoms with Gasteiger partial charge in [0.1, 0.15) is 5.82 Å². The maximum absolute atomic E-state index is 12.1. The molecule has 1 aromatic heterocycles. The van der Waals surface area contributed by atoms with E-state index in [-0.39, 0.29) is 24.2 Å². The summed E-state index contributed by atoms with van der Waals surface area (Å²) in [5.41, 5.74) is 6.97. The van der Waals surface area contributed by atoms with Crippen LogP contribution in [0.5, 0.6) is 0 Å². The summed E-state index contributed by atoms with van der Waals surface area (Å²) in [5.74, 6) is 0.988. The fourth-order valence-corrected chi connectivity index (χ4v) is 2.44. The molecule has 0 radical (unpaired) electrons. The van der Waals surface area contributed by atoms with Crippen molar-refractivity contribution in [3.8, 4) is 0 Å². The zero-order chi connectivity index (χ0) is 15.9. The van der Waals surface area contributed by atoms with E-state index in [1.807, 2.05) is 26.0 Å². The molecule has 0 bridgehead atoms. The van der Waals surface area contributed by atoms with Crippen LogP contribution >= 0.6 is 12.4 Å². The fourth-order valence-electron chi connectivity index (χ4n) is 2.44. The third-order valence-corrected chi connectivity index (χ3v) is 4.19. The lowest BCUT2D eigenvalue weighted by Gasteiger charge is -2.29. The number of rotatable bonds is 6. The molecule has 2 unspecified atom stereocenters. The van der Waals surface area contributed by atoms with Crippen LogP contribution in [-0.4, -0.2) is 43.2 Å².